The highest BCUT2D eigenvalue weighted by Crippen LogP contribution is 2.48. The lowest BCUT2D eigenvalue weighted by Gasteiger charge is -2.18. The summed E-state index contributed by atoms with van der Waals surface area (Å²) >= 11 is 0. The zero-order valence-electron chi connectivity index (χ0n) is 16.8. The Balaban J connectivity index is 2.08. The zero-order chi connectivity index (χ0) is 20.3. The van der Waals surface area contributed by atoms with Gasteiger partial charge in [-0.1, -0.05) is 29.8 Å². The van der Waals surface area contributed by atoms with Crippen molar-refractivity contribution in [1.82, 2.24) is 0 Å². The minimum Gasteiger partial charge on any atom is -0.467 e. The summed E-state index contributed by atoms with van der Waals surface area (Å²) < 4.78 is 27.4. The molecule has 0 bridgehead atoms. The number of carbonyl (C=O) groups is 1. The second-order valence-electron chi connectivity index (χ2n) is 6.56. The summed E-state index contributed by atoms with van der Waals surface area (Å²) in [6.07, 6.45) is 1.73. The van der Waals surface area contributed by atoms with Crippen LogP contribution in [-0.2, 0) is 9.47 Å². The Labute approximate surface area is 164 Å². The highest BCUT2D eigenvalue weighted by molar-refractivity contribution is 6.17. The van der Waals surface area contributed by atoms with E-state index in [1.54, 1.807) is 13.2 Å². The first-order valence-electron chi connectivity index (χ1n) is 8.89. The average Bonchev–Trinajstić information content (AvgIpc) is 3.00. The van der Waals surface area contributed by atoms with Gasteiger partial charge in [0, 0.05) is 25.3 Å². The van der Waals surface area contributed by atoms with Gasteiger partial charge in [0.15, 0.2) is 19.3 Å². The number of fused-ring (bicyclic) bond motifs is 1. The molecule has 0 saturated carbocycles. The molecule has 0 saturated heterocycles. The molecule has 6 nitrogen and oxygen atoms in total. The number of ketones is 1. The van der Waals surface area contributed by atoms with Gasteiger partial charge < -0.3 is 23.7 Å². The Morgan fingerprint density at radius 2 is 1.50 bits per heavy atom. The van der Waals surface area contributed by atoms with Crippen molar-refractivity contribution in [3.63, 3.8) is 0 Å². The lowest BCUT2D eigenvalue weighted by Crippen LogP contribution is -2.09. The Kier molecular flexibility index (Phi) is 6.02. The maximum Gasteiger partial charge on any atom is 0.235 e. The summed E-state index contributed by atoms with van der Waals surface area (Å²) in [6, 6.07) is 7.85. The fourth-order valence-electron chi connectivity index (χ4n) is 3.12. The molecule has 0 fully saturated rings. The number of allylic oxidation sites excluding steroid dienone is 1. The van der Waals surface area contributed by atoms with Crippen molar-refractivity contribution in [1.29, 1.82) is 0 Å². The Morgan fingerprint density at radius 1 is 0.893 bits per heavy atom. The van der Waals surface area contributed by atoms with Crippen LogP contribution in [0.25, 0.3) is 6.08 Å². The van der Waals surface area contributed by atoms with Crippen molar-refractivity contribution >= 4 is 11.9 Å². The molecule has 0 N–H and O–H groups in total. The summed E-state index contributed by atoms with van der Waals surface area (Å²) in [5.41, 5.74) is 3.82. The van der Waals surface area contributed by atoms with Gasteiger partial charge in [-0.15, -0.1) is 0 Å². The maximum absolute atomic E-state index is 13.1. The lowest BCUT2D eigenvalue weighted by atomic mass is 10.00. The van der Waals surface area contributed by atoms with Crippen LogP contribution in [-0.4, -0.2) is 33.6 Å². The molecule has 3 rings (SSSR count). The predicted molar refractivity (Wildman–Crippen MR) is 105 cm³/mol. The third-order valence-corrected chi connectivity index (χ3v) is 4.50. The van der Waals surface area contributed by atoms with E-state index in [0.29, 0.717) is 28.4 Å². The fraction of sp³-hybridized carbons (Fsp3) is 0.318. The maximum atomic E-state index is 13.1. The molecule has 2 aromatic rings. The number of aryl methyl sites for hydroxylation is 1. The molecule has 0 spiro atoms. The minimum atomic E-state index is -0.230. The van der Waals surface area contributed by atoms with E-state index in [1.165, 1.54) is 7.11 Å². The van der Waals surface area contributed by atoms with Gasteiger partial charge in [-0.05, 0) is 32.4 Å². The van der Waals surface area contributed by atoms with Crippen LogP contribution in [0.15, 0.2) is 30.0 Å². The highest BCUT2D eigenvalue weighted by atomic mass is 16.7. The molecular weight excluding hydrogens is 360 g/mol. The van der Waals surface area contributed by atoms with E-state index in [9.17, 15) is 4.79 Å². The second kappa shape index (κ2) is 8.46. The molecule has 0 aliphatic carbocycles. The molecule has 0 aromatic heterocycles. The van der Waals surface area contributed by atoms with E-state index in [2.05, 4.69) is 0 Å². The van der Waals surface area contributed by atoms with Crippen molar-refractivity contribution in [3.8, 4) is 17.2 Å². The highest BCUT2D eigenvalue weighted by Gasteiger charge is 2.36. The summed E-state index contributed by atoms with van der Waals surface area (Å²) in [7, 11) is 3.07. The number of Topliss-reactive ketones (excluding diaryl/α,β-unsaturated/α-hetero) is 1. The molecule has 1 aliphatic heterocycles. The van der Waals surface area contributed by atoms with Crippen molar-refractivity contribution in [2.75, 3.05) is 27.8 Å². The van der Waals surface area contributed by atoms with Gasteiger partial charge in [0.2, 0.25) is 5.78 Å². The summed E-state index contributed by atoms with van der Waals surface area (Å²) in [5.74, 6) is 1.41. The molecule has 1 heterocycles. The van der Waals surface area contributed by atoms with Crippen molar-refractivity contribution in [2.24, 2.45) is 0 Å². The van der Waals surface area contributed by atoms with E-state index in [0.717, 1.165) is 16.7 Å². The SMILES string of the molecule is COCOc1c(C)c(OCOC)c2c(c1C)O/C(=C\c1ccc(C)cc1)C2=O. The Hall–Kier alpha value is -2.83. The number of hydrogen-bond donors (Lipinski definition) is 0. The summed E-state index contributed by atoms with van der Waals surface area (Å²) in [6.45, 7) is 5.77. The molecule has 0 unspecified atom stereocenters. The van der Waals surface area contributed by atoms with Crippen LogP contribution in [0.3, 0.4) is 0 Å². The molecule has 2 aromatic carbocycles. The molecule has 28 heavy (non-hydrogen) atoms. The second-order valence-corrected chi connectivity index (χ2v) is 6.56. The van der Waals surface area contributed by atoms with Gasteiger partial charge in [-0.2, -0.15) is 0 Å². The van der Waals surface area contributed by atoms with Crippen LogP contribution in [0.2, 0.25) is 0 Å². The smallest absolute Gasteiger partial charge is 0.235 e. The Morgan fingerprint density at radius 3 is 2.11 bits per heavy atom. The average molecular weight is 384 g/mol. The molecule has 0 amide bonds. The van der Waals surface area contributed by atoms with Crippen molar-refractivity contribution < 1.29 is 28.5 Å². The number of carbonyl (C=O) groups excluding carboxylic acids is 1. The first-order valence-corrected chi connectivity index (χ1v) is 8.89. The van der Waals surface area contributed by atoms with E-state index in [-0.39, 0.29) is 25.1 Å². The normalized spacial score (nSPS) is 14.2. The molecule has 148 valence electrons. The first-order chi connectivity index (χ1) is 13.5. The molecule has 6 heteroatoms. The molecule has 0 radical (unpaired) electrons. The van der Waals surface area contributed by atoms with Gasteiger partial charge in [-0.25, -0.2) is 0 Å². The van der Waals surface area contributed by atoms with Gasteiger partial charge in [0.25, 0.3) is 0 Å². The third-order valence-electron chi connectivity index (χ3n) is 4.50. The van der Waals surface area contributed by atoms with Crippen LogP contribution >= 0.6 is 0 Å². The summed E-state index contributed by atoms with van der Waals surface area (Å²) in [5, 5.41) is 0. The van der Waals surface area contributed by atoms with Gasteiger partial charge in [-0.3, -0.25) is 4.79 Å². The van der Waals surface area contributed by atoms with Gasteiger partial charge in [0.05, 0.1) is 0 Å². The number of methoxy groups -OCH3 is 2. The first kappa shape index (κ1) is 19.9. The third kappa shape index (κ3) is 3.74. The number of ether oxygens (including phenoxy) is 5. The monoisotopic (exact) mass is 384 g/mol. The van der Waals surface area contributed by atoms with E-state index >= 15 is 0 Å². The molecular formula is C22H24O6. The topological polar surface area (TPSA) is 63.2 Å². The summed E-state index contributed by atoms with van der Waals surface area (Å²) in [4.78, 5) is 13.1. The number of hydrogen-bond acceptors (Lipinski definition) is 6. The molecule has 0 atom stereocenters. The fourth-order valence-corrected chi connectivity index (χ4v) is 3.12. The van der Waals surface area contributed by atoms with Crippen molar-refractivity contribution in [2.45, 2.75) is 20.8 Å². The van der Waals surface area contributed by atoms with Gasteiger partial charge in [0.1, 0.15) is 22.8 Å². The standard InChI is InChI=1S/C22H24O6/c1-13-6-8-16(9-7-13)10-17-19(23)18-21(27-12-25-5)14(2)20(26-11-24-4)15(3)22(18)28-17/h6-10H,11-12H2,1-5H3/b17-10-. The Bertz CT molecular complexity index is 912. The van der Waals surface area contributed by atoms with Crippen LogP contribution in [0.5, 0.6) is 17.2 Å². The van der Waals surface area contributed by atoms with E-state index in [4.69, 9.17) is 23.7 Å². The van der Waals surface area contributed by atoms with Crippen LogP contribution in [0.1, 0.15) is 32.6 Å². The lowest BCUT2D eigenvalue weighted by molar-refractivity contribution is 0.0443. The van der Waals surface area contributed by atoms with Gasteiger partial charge >= 0.3 is 0 Å². The minimum absolute atomic E-state index is 0.00431. The number of rotatable bonds is 7. The number of benzene rings is 2. The largest absolute Gasteiger partial charge is 0.467 e. The van der Waals surface area contributed by atoms with E-state index < -0.39 is 0 Å². The zero-order valence-corrected chi connectivity index (χ0v) is 16.8. The molecule has 1 aliphatic rings. The van der Waals surface area contributed by atoms with Crippen LogP contribution < -0.4 is 14.2 Å². The van der Waals surface area contributed by atoms with Crippen LogP contribution in [0.4, 0.5) is 0 Å². The van der Waals surface area contributed by atoms with E-state index in [1.807, 2.05) is 45.0 Å². The quantitative estimate of drug-likeness (QED) is 0.527. The van der Waals surface area contributed by atoms with Crippen LogP contribution in [0, 0.1) is 20.8 Å². The van der Waals surface area contributed by atoms with Crippen molar-refractivity contribution in [3.05, 3.63) is 57.8 Å². The predicted octanol–water partition coefficient (Wildman–Crippen LogP) is 4.19.